The van der Waals surface area contributed by atoms with Crippen molar-refractivity contribution in [2.45, 2.75) is 51.5 Å². The van der Waals surface area contributed by atoms with E-state index in [0.29, 0.717) is 6.42 Å². The Hall–Kier alpha value is -2.41. The lowest BCUT2D eigenvalue weighted by molar-refractivity contribution is -0.384. The topological polar surface area (TPSA) is 88.5 Å². The van der Waals surface area contributed by atoms with Crippen molar-refractivity contribution in [2.24, 2.45) is 5.41 Å². The molecule has 2 aliphatic heterocycles. The zero-order chi connectivity index (χ0) is 19.9. The number of piperidine rings is 1. The summed E-state index contributed by atoms with van der Waals surface area (Å²) in [5.74, 6) is -0.159. The number of nitro benzene ring substituents is 1. The zero-order valence-electron chi connectivity index (χ0n) is 16.5. The molecular formula is C21H27N3O4. The van der Waals surface area contributed by atoms with Crippen LogP contribution in [0.1, 0.15) is 56.3 Å². The Morgan fingerprint density at radius 3 is 2.96 bits per heavy atom. The molecule has 2 atom stereocenters. The number of carbonyl (C=O) groups excluding carboxylic acids is 1. The van der Waals surface area contributed by atoms with Gasteiger partial charge in [-0.2, -0.15) is 0 Å². The van der Waals surface area contributed by atoms with Gasteiger partial charge in [0.25, 0.3) is 5.69 Å². The van der Waals surface area contributed by atoms with E-state index in [1.165, 1.54) is 18.4 Å². The zero-order valence-corrected chi connectivity index (χ0v) is 16.5. The van der Waals surface area contributed by atoms with E-state index in [9.17, 15) is 14.9 Å². The van der Waals surface area contributed by atoms with Crippen molar-refractivity contribution in [3.63, 3.8) is 0 Å². The van der Waals surface area contributed by atoms with Gasteiger partial charge in [-0.15, -0.1) is 0 Å². The van der Waals surface area contributed by atoms with Crippen molar-refractivity contribution in [1.82, 2.24) is 9.88 Å². The molecule has 1 aromatic heterocycles. The fourth-order valence-electron chi connectivity index (χ4n) is 5.41. The molecule has 0 bridgehead atoms. The lowest BCUT2D eigenvalue weighted by Crippen LogP contribution is -2.49. The molecule has 7 heteroatoms. The second-order valence-electron chi connectivity index (χ2n) is 8.09. The summed E-state index contributed by atoms with van der Waals surface area (Å²) in [6, 6.07) is 5.33. The van der Waals surface area contributed by atoms with Gasteiger partial charge in [-0.05, 0) is 55.7 Å². The number of rotatable bonds is 5. The van der Waals surface area contributed by atoms with Crippen molar-refractivity contribution >= 4 is 22.6 Å². The largest absolute Gasteiger partial charge is 0.469 e. The van der Waals surface area contributed by atoms with Crippen LogP contribution in [0.5, 0.6) is 0 Å². The van der Waals surface area contributed by atoms with Gasteiger partial charge in [-0.3, -0.25) is 19.8 Å². The van der Waals surface area contributed by atoms with Crippen molar-refractivity contribution < 1.29 is 14.5 Å². The SMILES string of the molecule is CCC1(CCC(=O)OC)CCCN2CCc3c([nH]c4cc([N+](=O)[O-])ccc34)[C@@H]21. The highest BCUT2D eigenvalue weighted by Crippen LogP contribution is 2.54. The summed E-state index contributed by atoms with van der Waals surface area (Å²) in [5.41, 5.74) is 3.43. The Balaban J connectivity index is 1.79. The maximum absolute atomic E-state index is 11.9. The molecule has 150 valence electrons. The summed E-state index contributed by atoms with van der Waals surface area (Å²) in [6.45, 7) is 4.25. The first-order valence-electron chi connectivity index (χ1n) is 10.1. The summed E-state index contributed by atoms with van der Waals surface area (Å²) in [4.78, 5) is 28.8. The average molecular weight is 385 g/mol. The van der Waals surface area contributed by atoms with Crippen LogP contribution in [0.25, 0.3) is 10.9 Å². The van der Waals surface area contributed by atoms with Gasteiger partial charge in [0.1, 0.15) is 0 Å². The van der Waals surface area contributed by atoms with Gasteiger partial charge in [0.2, 0.25) is 0 Å². The number of fused-ring (bicyclic) bond motifs is 5. The predicted octanol–water partition coefficient (Wildman–Crippen LogP) is 4.12. The number of nitrogens with zero attached hydrogens (tertiary/aromatic N) is 2. The minimum atomic E-state index is -0.348. The molecule has 0 spiro atoms. The first-order chi connectivity index (χ1) is 13.5. The summed E-state index contributed by atoms with van der Waals surface area (Å²) >= 11 is 0. The molecule has 1 unspecified atom stereocenters. The molecule has 1 fully saturated rings. The molecule has 0 radical (unpaired) electrons. The Morgan fingerprint density at radius 2 is 2.25 bits per heavy atom. The summed E-state index contributed by atoms with van der Waals surface area (Å²) in [6.07, 6.45) is 5.37. The summed E-state index contributed by atoms with van der Waals surface area (Å²) < 4.78 is 4.90. The monoisotopic (exact) mass is 385 g/mol. The highest BCUT2D eigenvalue weighted by atomic mass is 16.6. The molecule has 7 nitrogen and oxygen atoms in total. The summed E-state index contributed by atoms with van der Waals surface area (Å²) in [5, 5.41) is 12.3. The number of carbonyl (C=O) groups is 1. The predicted molar refractivity (Wildman–Crippen MR) is 106 cm³/mol. The van der Waals surface area contributed by atoms with Crippen LogP contribution in [-0.4, -0.2) is 41.0 Å². The Bertz CT molecular complexity index is 922. The van der Waals surface area contributed by atoms with E-state index < -0.39 is 0 Å². The van der Waals surface area contributed by atoms with E-state index in [0.717, 1.165) is 56.1 Å². The van der Waals surface area contributed by atoms with Crippen molar-refractivity contribution in [2.75, 3.05) is 20.2 Å². The fraction of sp³-hybridized carbons (Fsp3) is 0.571. The van der Waals surface area contributed by atoms with E-state index in [1.54, 1.807) is 12.1 Å². The van der Waals surface area contributed by atoms with Crippen LogP contribution in [0.3, 0.4) is 0 Å². The average Bonchev–Trinajstić information content (AvgIpc) is 3.09. The molecule has 1 N–H and O–H groups in total. The molecule has 2 aliphatic rings. The number of benzene rings is 1. The van der Waals surface area contributed by atoms with Gasteiger partial charge in [-0.25, -0.2) is 0 Å². The smallest absolute Gasteiger partial charge is 0.305 e. The number of aromatic nitrogens is 1. The molecule has 1 saturated heterocycles. The first kappa shape index (κ1) is 18.9. The lowest BCUT2D eigenvalue weighted by Gasteiger charge is -2.52. The third kappa shape index (κ3) is 2.98. The van der Waals surface area contributed by atoms with Crippen LogP contribution in [0.4, 0.5) is 5.69 Å². The van der Waals surface area contributed by atoms with Crippen LogP contribution >= 0.6 is 0 Å². The second kappa shape index (κ2) is 7.20. The molecule has 0 aliphatic carbocycles. The maximum Gasteiger partial charge on any atom is 0.305 e. The molecule has 4 rings (SSSR count). The second-order valence-corrected chi connectivity index (χ2v) is 8.09. The number of hydrogen-bond donors (Lipinski definition) is 1. The van der Waals surface area contributed by atoms with Gasteiger partial charge in [0.05, 0.1) is 23.6 Å². The van der Waals surface area contributed by atoms with Crippen LogP contribution < -0.4 is 0 Å². The van der Waals surface area contributed by atoms with E-state index >= 15 is 0 Å². The standard InChI is InChI=1S/C21H27N3O4/c1-3-21(10-7-18(25)28-2)9-4-11-23-12-8-16-15-6-5-14(24(26)27)13-17(15)22-19(16)20(21)23/h5-6,13,20,22H,3-4,7-12H2,1-2H3/t20-,21?/m1/s1. The number of methoxy groups -OCH3 is 1. The van der Waals surface area contributed by atoms with Crippen LogP contribution in [0, 0.1) is 15.5 Å². The highest BCUT2D eigenvalue weighted by molar-refractivity contribution is 5.87. The number of non-ortho nitro benzene ring substituents is 1. The van der Waals surface area contributed by atoms with Crippen LogP contribution in [0.2, 0.25) is 0 Å². The number of nitro groups is 1. The highest BCUT2D eigenvalue weighted by Gasteiger charge is 2.47. The lowest BCUT2D eigenvalue weighted by atomic mass is 9.65. The van der Waals surface area contributed by atoms with Gasteiger partial charge in [-0.1, -0.05) is 6.92 Å². The Labute approximate surface area is 164 Å². The number of nitrogens with one attached hydrogen (secondary N) is 1. The van der Waals surface area contributed by atoms with E-state index in [2.05, 4.69) is 16.8 Å². The van der Waals surface area contributed by atoms with E-state index in [1.807, 2.05) is 6.07 Å². The molecule has 0 amide bonds. The molecular weight excluding hydrogens is 358 g/mol. The van der Waals surface area contributed by atoms with Gasteiger partial charge in [0.15, 0.2) is 0 Å². The Kier molecular flexibility index (Phi) is 4.87. The van der Waals surface area contributed by atoms with Gasteiger partial charge < -0.3 is 9.72 Å². The third-order valence-corrected chi connectivity index (χ3v) is 6.88. The minimum Gasteiger partial charge on any atom is -0.469 e. The number of esters is 1. The van der Waals surface area contributed by atoms with E-state index in [-0.39, 0.29) is 28.0 Å². The molecule has 2 aromatic rings. The number of aromatic amines is 1. The van der Waals surface area contributed by atoms with Crippen molar-refractivity contribution in [3.8, 4) is 0 Å². The molecule has 3 heterocycles. The normalized spacial score (nSPS) is 24.6. The van der Waals surface area contributed by atoms with E-state index in [4.69, 9.17) is 4.74 Å². The quantitative estimate of drug-likeness (QED) is 0.475. The fourth-order valence-corrected chi connectivity index (χ4v) is 5.41. The van der Waals surface area contributed by atoms with Crippen LogP contribution in [-0.2, 0) is 16.0 Å². The number of ether oxygens (including phenoxy) is 1. The number of H-pyrrole nitrogens is 1. The van der Waals surface area contributed by atoms with Gasteiger partial charge in [0, 0.05) is 36.2 Å². The summed E-state index contributed by atoms with van der Waals surface area (Å²) in [7, 11) is 1.44. The first-order valence-corrected chi connectivity index (χ1v) is 10.1. The molecule has 0 saturated carbocycles. The number of hydrogen-bond acceptors (Lipinski definition) is 5. The third-order valence-electron chi connectivity index (χ3n) is 6.88. The van der Waals surface area contributed by atoms with Gasteiger partial charge >= 0.3 is 5.97 Å². The minimum absolute atomic E-state index is 0.00835. The van der Waals surface area contributed by atoms with Crippen LogP contribution in [0.15, 0.2) is 18.2 Å². The maximum atomic E-state index is 11.9. The van der Waals surface area contributed by atoms with Crippen molar-refractivity contribution in [3.05, 3.63) is 39.6 Å². The Morgan fingerprint density at radius 1 is 1.43 bits per heavy atom. The van der Waals surface area contributed by atoms with Crippen molar-refractivity contribution in [1.29, 1.82) is 0 Å². The molecule has 28 heavy (non-hydrogen) atoms. The molecule has 1 aromatic carbocycles.